The van der Waals surface area contributed by atoms with Gasteiger partial charge in [-0.1, -0.05) is 22.0 Å². The first-order valence-electron chi connectivity index (χ1n) is 4.27. The Balaban J connectivity index is 3.04. The van der Waals surface area contributed by atoms with Crippen LogP contribution in [0.25, 0.3) is 0 Å². The molecule has 2 N–H and O–H groups in total. The number of nitrogens with two attached hydrogens (primary N) is 1. The predicted molar refractivity (Wildman–Crippen MR) is 66.5 cm³/mol. The molecule has 0 fully saturated rings. The van der Waals surface area contributed by atoms with Crippen molar-refractivity contribution in [2.24, 2.45) is 10.7 Å². The first-order valence-corrected chi connectivity index (χ1v) is 5.80. The number of isothiocyanates is 1. The average Bonchev–Trinajstić information content (AvgIpc) is 2.21. The molecule has 0 amide bonds. The van der Waals surface area contributed by atoms with E-state index in [1.807, 2.05) is 18.2 Å². The van der Waals surface area contributed by atoms with Crippen LogP contribution in [0.4, 0.5) is 5.69 Å². The van der Waals surface area contributed by atoms with Crippen molar-refractivity contribution >= 4 is 39.0 Å². The fourth-order valence-electron chi connectivity index (χ4n) is 1.27. The number of aliphatic imine (C=N–C) groups is 1. The second-order valence-corrected chi connectivity index (χ2v) is 3.77. The Kier molecular flexibility index (Phi) is 4.98. The molecular formula is C10H11BrN2S. The van der Waals surface area contributed by atoms with E-state index < -0.39 is 0 Å². The highest BCUT2D eigenvalue weighted by Crippen LogP contribution is 2.18. The van der Waals surface area contributed by atoms with Gasteiger partial charge in [0, 0.05) is 11.9 Å². The lowest BCUT2D eigenvalue weighted by molar-refractivity contribution is 1.01. The Labute approximate surface area is 97.4 Å². The van der Waals surface area contributed by atoms with Gasteiger partial charge in [-0.05, 0) is 41.9 Å². The van der Waals surface area contributed by atoms with Crippen molar-refractivity contribution in [3.05, 3.63) is 29.3 Å². The van der Waals surface area contributed by atoms with Gasteiger partial charge in [-0.2, -0.15) is 4.99 Å². The number of hydrogen-bond acceptors (Lipinski definition) is 3. The Morgan fingerprint density at radius 2 is 2.21 bits per heavy atom. The van der Waals surface area contributed by atoms with Crippen molar-refractivity contribution in [1.29, 1.82) is 0 Å². The summed E-state index contributed by atoms with van der Waals surface area (Å²) in [5.41, 5.74) is 8.84. The van der Waals surface area contributed by atoms with Crippen molar-refractivity contribution in [2.75, 3.05) is 5.33 Å². The van der Waals surface area contributed by atoms with Gasteiger partial charge in [0.25, 0.3) is 0 Å². The molecule has 0 aliphatic heterocycles. The molecule has 0 unspecified atom stereocenters. The zero-order valence-corrected chi connectivity index (χ0v) is 10.1. The molecule has 1 aromatic rings. The van der Waals surface area contributed by atoms with E-state index in [1.54, 1.807) is 0 Å². The average molecular weight is 271 g/mol. The van der Waals surface area contributed by atoms with Crippen LogP contribution in [0.1, 0.15) is 11.1 Å². The molecule has 0 aromatic heterocycles. The smallest absolute Gasteiger partial charge is 0.0742 e. The molecule has 14 heavy (non-hydrogen) atoms. The number of benzene rings is 1. The van der Waals surface area contributed by atoms with Crippen LogP contribution < -0.4 is 5.73 Å². The molecule has 4 heteroatoms. The van der Waals surface area contributed by atoms with Crippen molar-refractivity contribution in [2.45, 2.75) is 13.0 Å². The Morgan fingerprint density at radius 3 is 2.79 bits per heavy atom. The molecule has 0 aliphatic rings. The molecule has 74 valence electrons. The minimum absolute atomic E-state index is 0.531. The van der Waals surface area contributed by atoms with Gasteiger partial charge in [-0.3, -0.25) is 0 Å². The molecule has 0 aliphatic carbocycles. The van der Waals surface area contributed by atoms with Crippen LogP contribution in [0, 0.1) is 0 Å². The summed E-state index contributed by atoms with van der Waals surface area (Å²) < 4.78 is 0. The van der Waals surface area contributed by atoms with Gasteiger partial charge in [0.1, 0.15) is 0 Å². The molecular weight excluding hydrogens is 260 g/mol. The lowest BCUT2D eigenvalue weighted by atomic mass is 10.0. The van der Waals surface area contributed by atoms with Crippen molar-refractivity contribution in [1.82, 2.24) is 0 Å². The zero-order valence-electron chi connectivity index (χ0n) is 7.66. The van der Waals surface area contributed by atoms with Crippen molar-refractivity contribution < 1.29 is 0 Å². The van der Waals surface area contributed by atoms with Crippen LogP contribution in [0.3, 0.4) is 0 Å². The van der Waals surface area contributed by atoms with E-state index in [-0.39, 0.29) is 0 Å². The first kappa shape index (κ1) is 11.5. The second kappa shape index (κ2) is 6.04. The number of rotatable bonds is 4. The summed E-state index contributed by atoms with van der Waals surface area (Å²) >= 11 is 7.95. The Hall–Kier alpha value is -0.540. The minimum Gasteiger partial charge on any atom is -0.326 e. The third-order valence-electron chi connectivity index (χ3n) is 1.95. The largest absolute Gasteiger partial charge is 0.326 e. The first-order chi connectivity index (χ1) is 6.81. The molecule has 1 aromatic carbocycles. The van der Waals surface area contributed by atoms with E-state index >= 15 is 0 Å². The summed E-state index contributed by atoms with van der Waals surface area (Å²) in [4.78, 5) is 3.91. The fraction of sp³-hybridized carbons (Fsp3) is 0.300. The predicted octanol–water partition coefficient (Wildman–Crippen LogP) is 2.82. The van der Waals surface area contributed by atoms with E-state index in [2.05, 4.69) is 38.3 Å². The quantitative estimate of drug-likeness (QED) is 0.519. The van der Waals surface area contributed by atoms with Gasteiger partial charge in [0.2, 0.25) is 0 Å². The molecule has 0 bridgehead atoms. The van der Waals surface area contributed by atoms with Crippen LogP contribution in [0.5, 0.6) is 0 Å². The Morgan fingerprint density at radius 1 is 1.43 bits per heavy atom. The van der Waals surface area contributed by atoms with Crippen LogP contribution in [0.15, 0.2) is 23.2 Å². The maximum Gasteiger partial charge on any atom is 0.0742 e. The lowest BCUT2D eigenvalue weighted by Gasteiger charge is -2.06. The summed E-state index contributed by atoms with van der Waals surface area (Å²) in [7, 11) is 0. The van der Waals surface area contributed by atoms with Gasteiger partial charge in [-0.15, -0.1) is 0 Å². The second-order valence-electron chi connectivity index (χ2n) is 2.80. The van der Waals surface area contributed by atoms with E-state index in [4.69, 9.17) is 5.73 Å². The molecule has 0 saturated carbocycles. The summed E-state index contributed by atoms with van der Waals surface area (Å²) in [6.07, 6.45) is 0.980. The van der Waals surface area contributed by atoms with Gasteiger partial charge >= 0.3 is 0 Å². The highest BCUT2D eigenvalue weighted by molar-refractivity contribution is 9.09. The minimum atomic E-state index is 0.531. The van der Waals surface area contributed by atoms with Crippen molar-refractivity contribution in [3.63, 3.8) is 0 Å². The van der Waals surface area contributed by atoms with Gasteiger partial charge in [0.15, 0.2) is 0 Å². The summed E-state index contributed by atoms with van der Waals surface area (Å²) in [6.45, 7) is 0.531. The number of aryl methyl sites for hydroxylation is 1. The number of nitrogens with zero attached hydrogens (tertiary/aromatic N) is 1. The molecule has 0 atom stereocenters. The monoisotopic (exact) mass is 270 g/mol. The molecule has 0 saturated heterocycles. The maximum absolute atomic E-state index is 5.64. The SMILES string of the molecule is NCc1cc(N=C=S)ccc1CCBr. The van der Waals surface area contributed by atoms with E-state index in [9.17, 15) is 0 Å². The highest BCUT2D eigenvalue weighted by Gasteiger charge is 2.01. The zero-order chi connectivity index (χ0) is 10.4. The molecule has 0 spiro atoms. The lowest BCUT2D eigenvalue weighted by Crippen LogP contribution is -2.01. The molecule has 2 nitrogen and oxygen atoms in total. The van der Waals surface area contributed by atoms with Crippen molar-refractivity contribution in [3.8, 4) is 0 Å². The third-order valence-corrected chi connectivity index (χ3v) is 2.44. The summed E-state index contributed by atoms with van der Waals surface area (Å²) in [5.74, 6) is 0. The van der Waals surface area contributed by atoms with E-state index in [1.165, 1.54) is 5.56 Å². The van der Waals surface area contributed by atoms with Crippen LogP contribution >= 0.6 is 28.1 Å². The molecule has 0 heterocycles. The standard InChI is InChI=1S/C10H11BrN2S/c11-4-3-8-1-2-10(13-7-14)5-9(8)6-12/h1-2,5H,3-4,6,12H2. The van der Waals surface area contributed by atoms with Gasteiger partial charge in [-0.25, -0.2) is 0 Å². The number of hydrogen-bond donors (Lipinski definition) is 1. The topological polar surface area (TPSA) is 38.4 Å². The normalized spacial score (nSPS) is 9.57. The number of thiocarbonyl (C=S) groups is 1. The van der Waals surface area contributed by atoms with E-state index in [0.29, 0.717) is 6.54 Å². The van der Waals surface area contributed by atoms with Crippen LogP contribution in [-0.4, -0.2) is 10.5 Å². The maximum atomic E-state index is 5.64. The van der Waals surface area contributed by atoms with Crippen LogP contribution in [0.2, 0.25) is 0 Å². The van der Waals surface area contributed by atoms with Gasteiger partial charge in [0.05, 0.1) is 10.8 Å². The summed E-state index contributed by atoms with van der Waals surface area (Å²) in [6, 6.07) is 5.92. The fourth-order valence-corrected chi connectivity index (χ4v) is 1.80. The van der Waals surface area contributed by atoms with E-state index in [0.717, 1.165) is 23.0 Å². The molecule has 0 radical (unpaired) electrons. The highest BCUT2D eigenvalue weighted by atomic mass is 79.9. The Bertz CT molecular complexity index is 359. The summed E-state index contributed by atoms with van der Waals surface area (Å²) in [5, 5.41) is 3.29. The number of halogens is 1. The van der Waals surface area contributed by atoms with Gasteiger partial charge < -0.3 is 5.73 Å². The molecule has 1 rings (SSSR count). The third kappa shape index (κ3) is 3.00. The van der Waals surface area contributed by atoms with Crippen LogP contribution in [-0.2, 0) is 13.0 Å². The number of alkyl halides is 1.